The van der Waals surface area contributed by atoms with Crippen molar-refractivity contribution >= 4 is 0 Å². The third kappa shape index (κ3) is 1.54. The molecule has 0 aromatic carbocycles. The maximum Gasteiger partial charge on any atom is 0.136 e. The summed E-state index contributed by atoms with van der Waals surface area (Å²) in [6.07, 6.45) is 3.83. The summed E-state index contributed by atoms with van der Waals surface area (Å²) in [5.74, 6) is 0.918. The third-order valence-electron chi connectivity index (χ3n) is 2.18. The van der Waals surface area contributed by atoms with Crippen molar-refractivity contribution in [3.8, 4) is 5.82 Å². The predicted molar refractivity (Wildman–Crippen MR) is 56.2 cm³/mol. The van der Waals surface area contributed by atoms with Crippen LogP contribution < -0.4 is 5.73 Å². The zero-order chi connectivity index (χ0) is 9.97. The van der Waals surface area contributed by atoms with Crippen LogP contribution in [-0.4, -0.2) is 9.55 Å². The Kier molecular flexibility index (Phi) is 2.33. The Hall–Kier alpha value is -1.61. The molecule has 0 unspecified atom stereocenters. The fraction of sp³-hybridized carbons (Fsp3) is 0.182. The van der Waals surface area contributed by atoms with E-state index in [9.17, 15) is 0 Å². The van der Waals surface area contributed by atoms with Crippen LogP contribution >= 0.6 is 0 Å². The Morgan fingerprint density at radius 3 is 2.86 bits per heavy atom. The lowest BCUT2D eigenvalue weighted by Gasteiger charge is -2.06. The van der Waals surface area contributed by atoms with Gasteiger partial charge < -0.3 is 10.3 Å². The highest BCUT2D eigenvalue weighted by atomic mass is 15.1. The monoisotopic (exact) mass is 187 g/mol. The Morgan fingerprint density at radius 1 is 1.36 bits per heavy atom. The lowest BCUT2D eigenvalue weighted by atomic mass is 10.3. The molecule has 0 saturated heterocycles. The van der Waals surface area contributed by atoms with Crippen LogP contribution in [-0.2, 0) is 6.54 Å². The number of nitrogens with two attached hydrogens (primary N) is 1. The van der Waals surface area contributed by atoms with Crippen molar-refractivity contribution in [3.05, 3.63) is 47.9 Å². The van der Waals surface area contributed by atoms with Crippen molar-refractivity contribution in [2.45, 2.75) is 13.5 Å². The summed E-state index contributed by atoms with van der Waals surface area (Å²) < 4.78 is 2.00. The number of aryl methyl sites for hydroxylation is 1. The number of hydrogen-bond acceptors (Lipinski definition) is 2. The molecule has 72 valence electrons. The van der Waals surface area contributed by atoms with E-state index >= 15 is 0 Å². The van der Waals surface area contributed by atoms with Crippen LogP contribution in [0.1, 0.15) is 11.3 Å². The lowest BCUT2D eigenvalue weighted by molar-refractivity contribution is 0.884. The molecule has 0 atom stereocenters. The number of pyridine rings is 1. The molecule has 2 N–H and O–H groups in total. The molecule has 0 amide bonds. The smallest absolute Gasteiger partial charge is 0.136 e. The van der Waals surface area contributed by atoms with Crippen LogP contribution in [0.3, 0.4) is 0 Å². The Bertz CT molecular complexity index is 414. The van der Waals surface area contributed by atoms with E-state index in [0.29, 0.717) is 6.54 Å². The molecule has 14 heavy (non-hydrogen) atoms. The zero-order valence-electron chi connectivity index (χ0n) is 8.14. The van der Waals surface area contributed by atoms with E-state index in [1.54, 1.807) is 0 Å². The third-order valence-corrected chi connectivity index (χ3v) is 2.18. The van der Waals surface area contributed by atoms with Gasteiger partial charge in [-0.25, -0.2) is 4.98 Å². The average Bonchev–Trinajstić information content (AvgIpc) is 2.67. The average molecular weight is 187 g/mol. The van der Waals surface area contributed by atoms with Crippen LogP contribution in [0.2, 0.25) is 0 Å². The molecule has 0 aliphatic carbocycles. The summed E-state index contributed by atoms with van der Waals surface area (Å²) in [5, 5.41) is 0. The second kappa shape index (κ2) is 3.64. The molecule has 0 aliphatic rings. The van der Waals surface area contributed by atoms with E-state index in [1.807, 2.05) is 48.1 Å². The minimum absolute atomic E-state index is 0.530. The first-order valence-corrected chi connectivity index (χ1v) is 4.60. The van der Waals surface area contributed by atoms with Gasteiger partial charge in [0, 0.05) is 24.6 Å². The topological polar surface area (TPSA) is 43.8 Å². The van der Waals surface area contributed by atoms with Crippen molar-refractivity contribution in [3.63, 3.8) is 0 Å². The standard InChI is InChI=1S/C11H13N3/c1-9-4-5-11(13-8-9)14-6-2-3-10(14)7-12/h2-6,8H,7,12H2,1H3. The van der Waals surface area contributed by atoms with Gasteiger partial charge in [0.2, 0.25) is 0 Å². The summed E-state index contributed by atoms with van der Waals surface area (Å²) >= 11 is 0. The minimum atomic E-state index is 0.530. The van der Waals surface area contributed by atoms with Gasteiger partial charge in [-0.3, -0.25) is 0 Å². The zero-order valence-corrected chi connectivity index (χ0v) is 8.14. The van der Waals surface area contributed by atoms with E-state index in [1.165, 1.54) is 0 Å². The van der Waals surface area contributed by atoms with Gasteiger partial charge in [-0.2, -0.15) is 0 Å². The van der Waals surface area contributed by atoms with Crippen molar-refractivity contribution in [1.82, 2.24) is 9.55 Å². The van der Waals surface area contributed by atoms with Crippen LogP contribution in [0.4, 0.5) is 0 Å². The molecule has 2 aromatic heterocycles. The van der Waals surface area contributed by atoms with E-state index in [-0.39, 0.29) is 0 Å². The maximum absolute atomic E-state index is 5.61. The van der Waals surface area contributed by atoms with Crippen LogP contribution in [0.25, 0.3) is 5.82 Å². The molecule has 3 nitrogen and oxygen atoms in total. The van der Waals surface area contributed by atoms with Gasteiger partial charge in [0.25, 0.3) is 0 Å². The molecule has 0 radical (unpaired) electrons. The molecule has 2 aromatic rings. The van der Waals surface area contributed by atoms with Gasteiger partial charge in [-0.05, 0) is 30.7 Å². The maximum atomic E-state index is 5.61. The molecule has 0 bridgehead atoms. The van der Waals surface area contributed by atoms with Crippen molar-refractivity contribution < 1.29 is 0 Å². The van der Waals surface area contributed by atoms with E-state index in [4.69, 9.17) is 5.73 Å². The molecule has 3 heteroatoms. The van der Waals surface area contributed by atoms with Crippen LogP contribution in [0.5, 0.6) is 0 Å². The highest BCUT2D eigenvalue weighted by Gasteiger charge is 2.01. The normalized spacial score (nSPS) is 10.4. The second-order valence-corrected chi connectivity index (χ2v) is 3.27. The van der Waals surface area contributed by atoms with Gasteiger partial charge in [-0.1, -0.05) is 6.07 Å². The Balaban J connectivity index is 2.44. The highest BCUT2D eigenvalue weighted by molar-refractivity contribution is 5.29. The summed E-state index contributed by atoms with van der Waals surface area (Å²) in [6, 6.07) is 8.02. The molecule has 0 spiro atoms. The largest absolute Gasteiger partial charge is 0.325 e. The molecule has 2 rings (SSSR count). The first kappa shape index (κ1) is 8.97. The number of rotatable bonds is 2. The van der Waals surface area contributed by atoms with E-state index in [0.717, 1.165) is 17.1 Å². The van der Waals surface area contributed by atoms with E-state index < -0.39 is 0 Å². The number of nitrogens with zero attached hydrogens (tertiary/aromatic N) is 2. The molecular weight excluding hydrogens is 174 g/mol. The fourth-order valence-electron chi connectivity index (χ4n) is 1.41. The van der Waals surface area contributed by atoms with Crippen LogP contribution in [0.15, 0.2) is 36.7 Å². The van der Waals surface area contributed by atoms with Crippen molar-refractivity contribution in [2.24, 2.45) is 5.73 Å². The second-order valence-electron chi connectivity index (χ2n) is 3.27. The first-order valence-electron chi connectivity index (χ1n) is 4.60. The molecule has 0 fully saturated rings. The van der Waals surface area contributed by atoms with E-state index in [2.05, 4.69) is 4.98 Å². The van der Waals surface area contributed by atoms with Gasteiger partial charge in [0.05, 0.1) is 0 Å². The molecule has 2 heterocycles. The number of hydrogen-bond donors (Lipinski definition) is 1. The minimum Gasteiger partial charge on any atom is -0.325 e. The van der Waals surface area contributed by atoms with Gasteiger partial charge in [0.1, 0.15) is 5.82 Å². The summed E-state index contributed by atoms with van der Waals surface area (Å²) in [5.41, 5.74) is 7.85. The van der Waals surface area contributed by atoms with Gasteiger partial charge in [0.15, 0.2) is 0 Å². The predicted octanol–water partition coefficient (Wildman–Crippen LogP) is 1.64. The first-order chi connectivity index (χ1) is 6.81. The SMILES string of the molecule is Cc1ccc(-n2cccc2CN)nc1. The lowest BCUT2D eigenvalue weighted by Crippen LogP contribution is -2.05. The quantitative estimate of drug-likeness (QED) is 0.776. The molecule has 0 saturated carbocycles. The summed E-state index contributed by atoms with van der Waals surface area (Å²) in [6.45, 7) is 2.55. The fourth-order valence-corrected chi connectivity index (χ4v) is 1.41. The Morgan fingerprint density at radius 2 is 2.21 bits per heavy atom. The van der Waals surface area contributed by atoms with Crippen LogP contribution in [0, 0.1) is 6.92 Å². The summed E-state index contributed by atoms with van der Waals surface area (Å²) in [7, 11) is 0. The molecule has 0 aliphatic heterocycles. The van der Waals surface area contributed by atoms with Gasteiger partial charge >= 0.3 is 0 Å². The number of aromatic nitrogens is 2. The highest BCUT2D eigenvalue weighted by Crippen LogP contribution is 2.09. The van der Waals surface area contributed by atoms with Crippen molar-refractivity contribution in [2.75, 3.05) is 0 Å². The van der Waals surface area contributed by atoms with Gasteiger partial charge in [-0.15, -0.1) is 0 Å². The summed E-state index contributed by atoms with van der Waals surface area (Å²) in [4.78, 5) is 4.34. The Labute approximate surface area is 83.2 Å². The van der Waals surface area contributed by atoms with Crippen molar-refractivity contribution in [1.29, 1.82) is 0 Å². The molecular formula is C11H13N3.